The highest BCUT2D eigenvalue weighted by Gasteiger charge is 2.42. The van der Waals surface area contributed by atoms with E-state index in [9.17, 15) is 14.0 Å². The molecule has 0 aromatic heterocycles. The fraction of sp³-hybridized carbons (Fsp3) is 0.467. The third kappa shape index (κ3) is 2.76. The van der Waals surface area contributed by atoms with Crippen molar-refractivity contribution >= 4 is 11.8 Å². The first-order valence-electron chi connectivity index (χ1n) is 7.00. The fourth-order valence-electron chi connectivity index (χ4n) is 2.53. The molecule has 0 radical (unpaired) electrons. The Morgan fingerprint density at radius 2 is 2.10 bits per heavy atom. The number of rotatable bonds is 3. The van der Waals surface area contributed by atoms with E-state index in [4.69, 9.17) is 4.74 Å². The predicted molar refractivity (Wildman–Crippen MR) is 72.8 cm³/mol. The number of ether oxygens (including phenoxy) is 1. The third-order valence-corrected chi connectivity index (χ3v) is 3.89. The molecule has 3 rings (SSSR count). The van der Waals surface area contributed by atoms with E-state index < -0.39 is 18.0 Å². The lowest BCUT2D eigenvalue weighted by Crippen LogP contribution is -2.53. The summed E-state index contributed by atoms with van der Waals surface area (Å²) in [6, 6.07) is 5.59. The van der Waals surface area contributed by atoms with Gasteiger partial charge in [0.15, 0.2) is 6.10 Å². The molecule has 21 heavy (non-hydrogen) atoms. The predicted octanol–water partition coefficient (Wildman–Crippen LogP) is 1.00. The van der Waals surface area contributed by atoms with Crippen molar-refractivity contribution in [3.05, 3.63) is 35.6 Å². The second-order valence-electron chi connectivity index (χ2n) is 5.49. The second kappa shape index (κ2) is 5.44. The standard InChI is InChI=1S/C15H17FN2O3/c1-18-12(19)8-21-14(15(20)17-9-6-7-9)13(18)10-4-2-3-5-11(10)16/h2-5,9,13-14H,6-8H2,1H3,(H,17,20)/t13-,14+/m0/s1. The Labute approximate surface area is 122 Å². The van der Waals surface area contributed by atoms with Gasteiger partial charge in [-0.15, -0.1) is 0 Å². The Hall–Kier alpha value is -1.95. The molecule has 2 aliphatic rings. The van der Waals surface area contributed by atoms with Crippen LogP contribution < -0.4 is 5.32 Å². The molecule has 1 saturated heterocycles. The van der Waals surface area contributed by atoms with Crippen molar-refractivity contribution < 1.29 is 18.7 Å². The summed E-state index contributed by atoms with van der Waals surface area (Å²) in [6.07, 6.45) is 1.03. The first-order valence-corrected chi connectivity index (χ1v) is 7.00. The van der Waals surface area contributed by atoms with Gasteiger partial charge < -0.3 is 15.0 Å². The number of nitrogens with zero attached hydrogens (tertiary/aromatic N) is 1. The Morgan fingerprint density at radius 1 is 1.38 bits per heavy atom. The maximum atomic E-state index is 14.1. The average molecular weight is 292 g/mol. The maximum Gasteiger partial charge on any atom is 0.251 e. The lowest BCUT2D eigenvalue weighted by molar-refractivity contribution is -0.162. The molecule has 6 heteroatoms. The van der Waals surface area contributed by atoms with Crippen LogP contribution in [-0.4, -0.2) is 42.5 Å². The van der Waals surface area contributed by atoms with Crippen molar-refractivity contribution in [2.24, 2.45) is 0 Å². The number of likely N-dealkylation sites (N-methyl/N-ethyl adjacent to an activating group) is 1. The van der Waals surface area contributed by atoms with Gasteiger partial charge in [-0.2, -0.15) is 0 Å². The van der Waals surface area contributed by atoms with E-state index in [1.165, 1.54) is 11.0 Å². The van der Waals surface area contributed by atoms with E-state index in [0.29, 0.717) is 5.56 Å². The van der Waals surface area contributed by atoms with E-state index in [0.717, 1.165) is 12.8 Å². The molecule has 1 saturated carbocycles. The van der Waals surface area contributed by atoms with E-state index >= 15 is 0 Å². The molecule has 1 aromatic carbocycles. The molecule has 1 aliphatic heterocycles. The molecule has 0 bridgehead atoms. The number of nitrogens with one attached hydrogen (secondary N) is 1. The zero-order valence-corrected chi connectivity index (χ0v) is 11.7. The SMILES string of the molecule is CN1C(=O)CO[C@@H](C(=O)NC2CC2)[C@@H]1c1ccccc1F. The molecule has 1 aromatic rings. The molecular weight excluding hydrogens is 275 g/mol. The molecule has 5 nitrogen and oxygen atoms in total. The van der Waals surface area contributed by atoms with Crippen LogP contribution in [0.25, 0.3) is 0 Å². The molecule has 2 amide bonds. The third-order valence-electron chi connectivity index (χ3n) is 3.89. The largest absolute Gasteiger partial charge is 0.356 e. The fourth-order valence-corrected chi connectivity index (χ4v) is 2.53. The zero-order chi connectivity index (χ0) is 15.0. The van der Waals surface area contributed by atoms with Crippen LogP contribution >= 0.6 is 0 Å². The summed E-state index contributed by atoms with van der Waals surface area (Å²) in [7, 11) is 1.57. The van der Waals surface area contributed by atoms with Crippen LogP contribution in [0.15, 0.2) is 24.3 Å². The summed E-state index contributed by atoms with van der Waals surface area (Å²) in [5.74, 6) is -0.999. The van der Waals surface area contributed by atoms with Crippen molar-refractivity contribution in [2.75, 3.05) is 13.7 Å². The molecule has 112 valence electrons. The smallest absolute Gasteiger partial charge is 0.251 e. The summed E-state index contributed by atoms with van der Waals surface area (Å²) in [5.41, 5.74) is 0.295. The lowest BCUT2D eigenvalue weighted by atomic mass is 9.97. The Kier molecular flexibility index (Phi) is 3.63. The minimum Gasteiger partial charge on any atom is -0.356 e. The van der Waals surface area contributed by atoms with Crippen molar-refractivity contribution in [3.8, 4) is 0 Å². The molecule has 1 N–H and O–H groups in total. The van der Waals surface area contributed by atoms with Crippen molar-refractivity contribution in [2.45, 2.75) is 31.0 Å². The minimum atomic E-state index is -0.884. The number of morpholine rings is 1. The van der Waals surface area contributed by atoms with Gasteiger partial charge in [0.1, 0.15) is 12.4 Å². The van der Waals surface area contributed by atoms with Gasteiger partial charge in [-0.1, -0.05) is 18.2 Å². The quantitative estimate of drug-likeness (QED) is 0.904. The lowest BCUT2D eigenvalue weighted by Gasteiger charge is -2.38. The number of hydrogen-bond acceptors (Lipinski definition) is 3. The number of carbonyl (C=O) groups excluding carboxylic acids is 2. The van der Waals surface area contributed by atoms with Crippen LogP contribution in [0.2, 0.25) is 0 Å². The molecule has 2 fully saturated rings. The highest BCUT2D eigenvalue weighted by molar-refractivity contribution is 5.86. The first kappa shape index (κ1) is 14.0. The summed E-state index contributed by atoms with van der Waals surface area (Å²) in [6.45, 7) is -0.162. The van der Waals surface area contributed by atoms with Gasteiger partial charge in [-0.05, 0) is 18.9 Å². The Morgan fingerprint density at radius 3 is 2.76 bits per heavy atom. The highest BCUT2D eigenvalue weighted by atomic mass is 19.1. The van der Waals surface area contributed by atoms with Gasteiger partial charge >= 0.3 is 0 Å². The maximum absolute atomic E-state index is 14.1. The first-order chi connectivity index (χ1) is 10.1. The normalized spacial score (nSPS) is 25.8. The molecule has 0 spiro atoms. The number of benzene rings is 1. The molecule has 1 heterocycles. The zero-order valence-electron chi connectivity index (χ0n) is 11.7. The van der Waals surface area contributed by atoms with Gasteiger partial charge in [-0.3, -0.25) is 9.59 Å². The monoisotopic (exact) mass is 292 g/mol. The van der Waals surface area contributed by atoms with Crippen molar-refractivity contribution in [3.63, 3.8) is 0 Å². The molecule has 0 unspecified atom stereocenters. The van der Waals surface area contributed by atoms with Crippen LogP contribution in [0, 0.1) is 5.82 Å². The van der Waals surface area contributed by atoms with Gasteiger partial charge in [0.05, 0.1) is 6.04 Å². The van der Waals surface area contributed by atoms with Crippen LogP contribution in [0.4, 0.5) is 4.39 Å². The van der Waals surface area contributed by atoms with Gasteiger partial charge in [0.25, 0.3) is 5.91 Å². The van der Waals surface area contributed by atoms with E-state index in [2.05, 4.69) is 5.32 Å². The molecular formula is C15H17FN2O3. The summed E-state index contributed by atoms with van der Waals surface area (Å²) >= 11 is 0. The van der Waals surface area contributed by atoms with Crippen LogP contribution in [0.5, 0.6) is 0 Å². The van der Waals surface area contributed by atoms with Crippen molar-refractivity contribution in [1.82, 2.24) is 10.2 Å². The van der Waals surface area contributed by atoms with Gasteiger partial charge in [0, 0.05) is 18.7 Å². The van der Waals surface area contributed by atoms with Gasteiger partial charge in [-0.25, -0.2) is 4.39 Å². The number of halogens is 1. The summed E-state index contributed by atoms with van der Waals surface area (Å²) in [4.78, 5) is 25.5. The molecule has 1 aliphatic carbocycles. The van der Waals surface area contributed by atoms with E-state index in [1.807, 2.05) is 0 Å². The van der Waals surface area contributed by atoms with E-state index in [-0.39, 0.29) is 24.5 Å². The minimum absolute atomic E-state index is 0.162. The van der Waals surface area contributed by atoms with E-state index in [1.54, 1.807) is 25.2 Å². The van der Waals surface area contributed by atoms with Crippen LogP contribution in [0.3, 0.4) is 0 Å². The van der Waals surface area contributed by atoms with Crippen LogP contribution in [0.1, 0.15) is 24.4 Å². The summed E-state index contributed by atoms with van der Waals surface area (Å²) in [5, 5.41) is 2.85. The number of amides is 2. The second-order valence-corrected chi connectivity index (χ2v) is 5.49. The Bertz CT molecular complexity index is 574. The van der Waals surface area contributed by atoms with Gasteiger partial charge in [0.2, 0.25) is 5.91 Å². The topological polar surface area (TPSA) is 58.6 Å². The average Bonchev–Trinajstić information content (AvgIpc) is 3.26. The summed E-state index contributed by atoms with van der Waals surface area (Å²) < 4.78 is 19.5. The van der Waals surface area contributed by atoms with Crippen molar-refractivity contribution in [1.29, 1.82) is 0 Å². The highest BCUT2D eigenvalue weighted by Crippen LogP contribution is 2.31. The number of carbonyl (C=O) groups is 2. The van der Waals surface area contributed by atoms with Crippen LogP contribution in [-0.2, 0) is 14.3 Å². The molecule has 2 atom stereocenters. The number of hydrogen-bond donors (Lipinski definition) is 1. The Balaban J connectivity index is 1.91.